The van der Waals surface area contributed by atoms with Crippen molar-refractivity contribution >= 4 is 51.5 Å². The van der Waals surface area contributed by atoms with Gasteiger partial charge in [-0.05, 0) is 30.3 Å². The van der Waals surface area contributed by atoms with Crippen LogP contribution >= 0.6 is 35.0 Å². The first kappa shape index (κ1) is 16.1. The molecule has 0 radical (unpaired) electrons. The second-order valence-electron chi connectivity index (χ2n) is 4.61. The van der Waals surface area contributed by atoms with Gasteiger partial charge in [0.15, 0.2) is 5.17 Å². The number of amidine groups is 1. The first-order valence-corrected chi connectivity index (χ1v) is 8.37. The van der Waals surface area contributed by atoms with Gasteiger partial charge in [-0.25, -0.2) is 4.99 Å². The molecule has 0 aromatic heterocycles. The number of hydrazine groups is 1. The van der Waals surface area contributed by atoms with Crippen LogP contribution in [0.4, 0.5) is 5.69 Å². The minimum atomic E-state index is 0.587. The molecule has 3 rings (SSSR count). The normalized spacial score (nSPS) is 15.6. The number of benzene rings is 2. The lowest BCUT2D eigenvalue weighted by Crippen LogP contribution is -2.36. The number of hydrogen-bond donors (Lipinski definition) is 2. The van der Waals surface area contributed by atoms with E-state index in [-0.39, 0.29) is 0 Å². The predicted molar refractivity (Wildman–Crippen MR) is 98.4 cm³/mol. The third-order valence-electron chi connectivity index (χ3n) is 3.12. The Labute approximate surface area is 148 Å². The van der Waals surface area contributed by atoms with E-state index in [0.717, 1.165) is 22.7 Å². The molecule has 0 aliphatic carbocycles. The van der Waals surface area contributed by atoms with Crippen LogP contribution in [-0.4, -0.2) is 12.3 Å². The predicted octanol–water partition coefficient (Wildman–Crippen LogP) is 4.83. The third-order valence-corrected chi connectivity index (χ3v) is 4.44. The molecule has 1 heterocycles. The van der Waals surface area contributed by atoms with Crippen molar-refractivity contribution in [2.75, 3.05) is 7.11 Å². The molecule has 2 N–H and O–H groups in total. The number of para-hydroxylation sites is 2. The van der Waals surface area contributed by atoms with E-state index in [2.05, 4.69) is 15.8 Å². The number of methoxy groups -OCH3 is 1. The van der Waals surface area contributed by atoms with Crippen molar-refractivity contribution in [1.29, 1.82) is 0 Å². The summed E-state index contributed by atoms with van der Waals surface area (Å²) in [6.07, 6.45) is 0. The van der Waals surface area contributed by atoms with E-state index < -0.39 is 0 Å². The zero-order valence-electron chi connectivity index (χ0n) is 12.1. The monoisotopic (exact) mass is 365 g/mol. The largest absolute Gasteiger partial charge is 0.494 e. The van der Waals surface area contributed by atoms with Crippen LogP contribution in [0.1, 0.15) is 5.56 Å². The molecular formula is C16H13Cl2N3OS. The standard InChI is InChI=1S/C16H13Cl2N3OS/c1-22-15-5-3-2-4-13(15)19-16-21-20-14(9-23-16)11-7-6-10(17)8-12(11)18/h2-9,20H,1H3,(H,19,21). The summed E-state index contributed by atoms with van der Waals surface area (Å²) in [5.41, 5.74) is 8.63. The van der Waals surface area contributed by atoms with Crippen molar-refractivity contribution in [2.24, 2.45) is 4.99 Å². The second kappa shape index (κ2) is 7.17. The highest BCUT2D eigenvalue weighted by Crippen LogP contribution is 2.31. The van der Waals surface area contributed by atoms with Crippen molar-refractivity contribution < 1.29 is 4.74 Å². The van der Waals surface area contributed by atoms with E-state index in [4.69, 9.17) is 27.9 Å². The van der Waals surface area contributed by atoms with E-state index in [0.29, 0.717) is 15.2 Å². The number of nitrogens with one attached hydrogen (secondary N) is 2. The lowest BCUT2D eigenvalue weighted by molar-refractivity contribution is 0.416. The molecule has 2 aromatic rings. The summed E-state index contributed by atoms with van der Waals surface area (Å²) >= 11 is 13.6. The fraction of sp³-hybridized carbons (Fsp3) is 0.0625. The highest BCUT2D eigenvalue weighted by atomic mass is 35.5. The molecule has 0 bridgehead atoms. The number of halogens is 2. The van der Waals surface area contributed by atoms with Crippen molar-refractivity contribution in [3.8, 4) is 5.75 Å². The van der Waals surface area contributed by atoms with Gasteiger partial charge in [0, 0.05) is 16.0 Å². The molecule has 23 heavy (non-hydrogen) atoms. The quantitative estimate of drug-likeness (QED) is 0.817. The topological polar surface area (TPSA) is 45.6 Å². The van der Waals surface area contributed by atoms with E-state index >= 15 is 0 Å². The SMILES string of the molecule is COc1ccccc1N=C1NNC(c2ccc(Cl)cc2Cl)=CS1. The van der Waals surface area contributed by atoms with Crippen LogP contribution in [0.3, 0.4) is 0 Å². The van der Waals surface area contributed by atoms with E-state index in [1.807, 2.05) is 35.7 Å². The Morgan fingerprint density at radius 3 is 2.61 bits per heavy atom. The van der Waals surface area contributed by atoms with Crippen LogP contribution in [-0.2, 0) is 0 Å². The Kier molecular flexibility index (Phi) is 5.00. The van der Waals surface area contributed by atoms with Gasteiger partial charge in [0.25, 0.3) is 0 Å². The van der Waals surface area contributed by atoms with Gasteiger partial charge < -0.3 is 4.74 Å². The molecule has 0 spiro atoms. The molecule has 118 valence electrons. The van der Waals surface area contributed by atoms with Crippen molar-refractivity contribution in [3.63, 3.8) is 0 Å². The average molecular weight is 366 g/mol. The number of thioether (sulfide) groups is 1. The smallest absolute Gasteiger partial charge is 0.185 e. The fourth-order valence-electron chi connectivity index (χ4n) is 2.02. The summed E-state index contributed by atoms with van der Waals surface area (Å²) in [5.74, 6) is 0.720. The molecule has 7 heteroatoms. The summed E-state index contributed by atoms with van der Waals surface area (Å²) in [6.45, 7) is 0. The Morgan fingerprint density at radius 2 is 1.91 bits per heavy atom. The molecule has 0 fully saturated rings. The Bertz CT molecular complexity index is 793. The molecule has 0 unspecified atom stereocenters. The Morgan fingerprint density at radius 1 is 1.09 bits per heavy atom. The van der Waals surface area contributed by atoms with Crippen LogP contribution < -0.4 is 15.6 Å². The summed E-state index contributed by atoms with van der Waals surface area (Å²) in [7, 11) is 1.62. The molecule has 0 saturated heterocycles. The molecule has 0 saturated carbocycles. The number of nitrogens with zero attached hydrogens (tertiary/aromatic N) is 1. The molecular weight excluding hydrogens is 353 g/mol. The maximum absolute atomic E-state index is 6.22. The van der Waals surface area contributed by atoms with Gasteiger partial charge in [-0.3, -0.25) is 10.9 Å². The summed E-state index contributed by atoms with van der Waals surface area (Å²) in [6, 6.07) is 13.0. The second-order valence-corrected chi connectivity index (χ2v) is 6.31. The lowest BCUT2D eigenvalue weighted by atomic mass is 10.2. The first-order chi connectivity index (χ1) is 11.2. The van der Waals surface area contributed by atoms with E-state index in [1.54, 1.807) is 19.2 Å². The van der Waals surface area contributed by atoms with Gasteiger partial charge in [0.1, 0.15) is 11.4 Å². The molecule has 4 nitrogen and oxygen atoms in total. The van der Waals surface area contributed by atoms with Gasteiger partial charge >= 0.3 is 0 Å². The van der Waals surface area contributed by atoms with Crippen LogP contribution in [0, 0.1) is 0 Å². The van der Waals surface area contributed by atoms with Crippen molar-refractivity contribution in [1.82, 2.24) is 10.9 Å². The van der Waals surface area contributed by atoms with Crippen LogP contribution in [0.5, 0.6) is 5.75 Å². The number of aliphatic imine (C=N–C) groups is 1. The first-order valence-electron chi connectivity index (χ1n) is 6.73. The summed E-state index contributed by atoms with van der Waals surface area (Å²) < 4.78 is 5.29. The van der Waals surface area contributed by atoms with Crippen molar-refractivity contribution in [2.45, 2.75) is 0 Å². The number of ether oxygens (including phenoxy) is 1. The van der Waals surface area contributed by atoms with Gasteiger partial charge in [-0.1, -0.05) is 47.1 Å². The lowest BCUT2D eigenvalue weighted by Gasteiger charge is -2.20. The highest BCUT2D eigenvalue weighted by molar-refractivity contribution is 8.16. The molecule has 0 atom stereocenters. The van der Waals surface area contributed by atoms with Crippen molar-refractivity contribution in [3.05, 3.63) is 63.5 Å². The Hall–Kier alpha value is -1.82. The fourth-order valence-corrected chi connectivity index (χ4v) is 3.21. The summed E-state index contributed by atoms with van der Waals surface area (Å²) in [4.78, 5) is 4.54. The van der Waals surface area contributed by atoms with Crippen LogP contribution in [0.25, 0.3) is 5.70 Å². The molecule has 0 amide bonds. The van der Waals surface area contributed by atoms with E-state index in [1.165, 1.54) is 11.8 Å². The minimum Gasteiger partial charge on any atom is -0.494 e. The zero-order chi connectivity index (χ0) is 16.2. The minimum absolute atomic E-state index is 0.587. The maximum Gasteiger partial charge on any atom is 0.185 e. The van der Waals surface area contributed by atoms with Gasteiger partial charge in [0.05, 0.1) is 17.8 Å². The van der Waals surface area contributed by atoms with Crippen LogP contribution in [0.15, 0.2) is 52.9 Å². The van der Waals surface area contributed by atoms with Crippen LogP contribution in [0.2, 0.25) is 10.0 Å². The van der Waals surface area contributed by atoms with Gasteiger partial charge in [-0.2, -0.15) is 0 Å². The third kappa shape index (κ3) is 3.75. The highest BCUT2D eigenvalue weighted by Gasteiger charge is 2.13. The average Bonchev–Trinajstić information content (AvgIpc) is 2.56. The zero-order valence-corrected chi connectivity index (χ0v) is 14.5. The molecule has 2 aromatic carbocycles. The van der Waals surface area contributed by atoms with Gasteiger partial charge in [0.2, 0.25) is 0 Å². The molecule has 1 aliphatic rings. The number of rotatable bonds is 3. The Balaban J connectivity index is 1.81. The van der Waals surface area contributed by atoms with E-state index in [9.17, 15) is 0 Å². The summed E-state index contributed by atoms with van der Waals surface area (Å²) in [5, 5.41) is 3.85. The maximum atomic E-state index is 6.22. The molecule has 1 aliphatic heterocycles. The number of hydrogen-bond acceptors (Lipinski definition) is 4. The van der Waals surface area contributed by atoms with Gasteiger partial charge in [-0.15, -0.1) is 0 Å².